The zero-order chi connectivity index (χ0) is 24.8. The minimum absolute atomic E-state index is 0.0604. The first-order valence-electron chi connectivity index (χ1n) is 10.3. The molecule has 0 bridgehead atoms. The van der Waals surface area contributed by atoms with E-state index in [1.54, 1.807) is 6.92 Å². The Labute approximate surface area is 197 Å². The van der Waals surface area contributed by atoms with Crippen molar-refractivity contribution in [3.63, 3.8) is 0 Å². The zero-order valence-corrected chi connectivity index (χ0v) is 20.9. The molecule has 33 heavy (non-hydrogen) atoms. The lowest BCUT2D eigenvalue weighted by Gasteiger charge is -2.21. The van der Waals surface area contributed by atoms with Gasteiger partial charge in [0.05, 0.1) is 24.7 Å². The number of benzene rings is 1. The summed E-state index contributed by atoms with van der Waals surface area (Å²) >= 11 is 0.898. The van der Waals surface area contributed by atoms with Crippen molar-refractivity contribution in [3.05, 3.63) is 45.8 Å². The van der Waals surface area contributed by atoms with Gasteiger partial charge in [0.15, 0.2) is 0 Å². The molecule has 2 rings (SSSR count). The highest BCUT2D eigenvalue weighted by Crippen LogP contribution is 2.34. The van der Waals surface area contributed by atoms with Crippen LogP contribution < -0.4 is 5.32 Å². The van der Waals surface area contributed by atoms with E-state index in [2.05, 4.69) is 5.32 Å². The Morgan fingerprint density at radius 1 is 0.970 bits per heavy atom. The standard InChI is InChI=1S/C22H28N2O7S2/c1-6-12-24(13-7-2)33(28,29)16-10-8-15(9-11-16)19(25)23-20-17(21(26)30-4)14(3)18(32-20)22(27)31-5/h8-11H,6-7,12-13H2,1-5H3,(H,23,25). The minimum atomic E-state index is -3.67. The number of anilines is 1. The summed E-state index contributed by atoms with van der Waals surface area (Å²) in [4.78, 5) is 37.3. The quantitative estimate of drug-likeness (QED) is 0.498. The number of nitrogens with zero attached hydrogens (tertiary/aromatic N) is 1. The number of rotatable bonds is 10. The maximum Gasteiger partial charge on any atom is 0.348 e. The van der Waals surface area contributed by atoms with Gasteiger partial charge in [-0.15, -0.1) is 11.3 Å². The van der Waals surface area contributed by atoms with Gasteiger partial charge in [0.25, 0.3) is 5.91 Å². The second-order valence-electron chi connectivity index (χ2n) is 7.13. The van der Waals surface area contributed by atoms with Crippen LogP contribution in [0.4, 0.5) is 5.00 Å². The summed E-state index contributed by atoms with van der Waals surface area (Å²) in [7, 11) is -1.26. The zero-order valence-electron chi connectivity index (χ0n) is 19.3. The monoisotopic (exact) mass is 496 g/mol. The van der Waals surface area contributed by atoms with Crippen molar-refractivity contribution in [3.8, 4) is 0 Å². The van der Waals surface area contributed by atoms with Gasteiger partial charge in [-0.1, -0.05) is 13.8 Å². The Morgan fingerprint density at radius 2 is 1.52 bits per heavy atom. The summed E-state index contributed by atoms with van der Waals surface area (Å²) in [6, 6.07) is 5.56. The third kappa shape index (κ3) is 5.79. The first kappa shape index (κ1) is 26.5. The third-order valence-corrected chi connectivity index (χ3v) is 7.93. The molecule has 0 saturated heterocycles. The molecule has 0 unspecified atom stereocenters. The van der Waals surface area contributed by atoms with Crippen LogP contribution in [0.3, 0.4) is 0 Å². The van der Waals surface area contributed by atoms with Crippen molar-refractivity contribution in [2.75, 3.05) is 32.6 Å². The number of carbonyl (C=O) groups excluding carboxylic acids is 3. The third-order valence-electron chi connectivity index (χ3n) is 4.83. The number of methoxy groups -OCH3 is 2. The van der Waals surface area contributed by atoms with E-state index in [1.807, 2.05) is 13.8 Å². The van der Waals surface area contributed by atoms with Crippen LogP contribution in [0, 0.1) is 6.92 Å². The fourth-order valence-electron chi connectivity index (χ4n) is 3.19. The molecule has 1 aromatic carbocycles. The average Bonchev–Trinajstić information content (AvgIpc) is 3.13. The number of amides is 1. The molecule has 1 heterocycles. The number of thiophene rings is 1. The summed E-state index contributed by atoms with van der Waals surface area (Å²) in [5, 5.41) is 2.75. The summed E-state index contributed by atoms with van der Waals surface area (Å²) in [6.45, 7) is 6.20. The van der Waals surface area contributed by atoms with Crippen LogP contribution in [-0.4, -0.2) is 57.9 Å². The summed E-state index contributed by atoms with van der Waals surface area (Å²) < 4.78 is 36.7. The van der Waals surface area contributed by atoms with Crippen molar-refractivity contribution < 1.29 is 32.3 Å². The molecule has 0 fully saturated rings. The highest BCUT2D eigenvalue weighted by Gasteiger charge is 2.27. The van der Waals surface area contributed by atoms with Gasteiger partial charge in [-0.25, -0.2) is 18.0 Å². The van der Waals surface area contributed by atoms with Crippen molar-refractivity contribution in [1.82, 2.24) is 4.31 Å². The molecular weight excluding hydrogens is 468 g/mol. The minimum Gasteiger partial charge on any atom is -0.465 e. The van der Waals surface area contributed by atoms with Crippen LogP contribution in [0.2, 0.25) is 0 Å². The molecular formula is C22H28N2O7S2. The fraction of sp³-hybridized carbons (Fsp3) is 0.409. The second-order valence-corrected chi connectivity index (χ2v) is 10.1. The number of esters is 2. The van der Waals surface area contributed by atoms with Gasteiger partial charge >= 0.3 is 11.9 Å². The predicted octanol–water partition coefficient (Wildman–Crippen LogP) is 3.69. The Hall–Kier alpha value is -2.76. The number of hydrogen-bond acceptors (Lipinski definition) is 8. The van der Waals surface area contributed by atoms with E-state index in [0.29, 0.717) is 31.5 Å². The Morgan fingerprint density at radius 3 is 2.00 bits per heavy atom. The van der Waals surface area contributed by atoms with Crippen LogP contribution in [0.1, 0.15) is 62.6 Å². The molecule has 9 nitrogen and oxygen atoms in total. The Balaban J connectivity index is 2.33. The van der Waals surface area contributed by atoms with E-state index in [9.17, 15) is 22.8 Å². The smallest absolute Gasteiger partial charge is 0.348 e. The number of hydrogen-bond donors (Lipinski definition) is 1. The number of carbonyl (C=O) groups is 3. The molecule has 1 N–H and O–H groups in total. The largest absolute Gasteiger partial charge is 0.465 e. The van der Waals surface area contributed by atoms with Gasteiger partial charge in [-0.2, -0.15) is 4.31 Å². The van der Waals surface area contributed by atoms with Crippen LogP contribution in [-0.2, 0) is 19.5 Å². The maximum atomic E-state index is 12.9. The van der Waals surface area contributed by atoms with E-state index in [1.165, 1.54) is 42.8 Å². The Bertz CT molecular complexity index is 1120. The molecule has 0 saturated carbocycles. The van der Waals surface area contributed by atoms with E-state index in [0.717, 1.165) is 11.3 Å². The average molecular weight is 497 g/mol. The summed E-state index contributed by atoms with van der Waals surface area (Å²) in [6.07, 6.45) is 1.38. The number of sulfonamides is 1. The van der Waals surface area contributed by atoms with Gasteiger partial charge in [-0.3, -0.25) is 4.79 Å². The molecule has 0 aliphatic heterocycles. The lowest BCUT2D eigenvalue weighted by molar-refractivity contribution is 0.0601. The number of nitrogens with one attached hydrogen (secondary N) is 1. The van der Waals surface area contributed by atoms with Crippen LogP contribution in [0.15, 0.2) is 29.2 Å². The topological polar surface area (TPSA) is 119 Å². The molecule has 180 valence electrons. The van der Waals surface area contributed by atoms with E-state index >= 15 is 0 Å². The van der Waals surface area contributed by atoms with E-state index in [-0.39, 0.29) is 25.9 Å². The summed E-state index contributed by atoms with van der Waals surface area (Å²) in [5.74, 6) is -1.91. The molecule has 0 atom stereocenters. The van der Waals surface area contributed by atoms with Crippen LogP contribution in [0.5, 0.6) is 0 Å². The molecule has 0 aliphatic rings. The van der Waals surface area contributed by atoms with Crippen molar-refractivity contribution in [2.45, 2.75) is 38.5 Å². The van der Waals surface area contributed by atoms with Crippen molar-refractivity contribution in [2.24, 2.45) is 0 Å². The normalized spacial score (nSPS) is 11.3. The molecule has 0 spiro atoms. The SMILES string of the molecule is CCCN(CCC)S(=O)(=O)c1ccc(C(=O)Nc2sc(C(=O)OC)c(C)c2C(=O)OC)cc1. The first-order valence-corrected chi connectivity index (χ1v) is 12.6. The fourth-order valence-corrected chi connectivity index (χ4v) is 5.92. The molecule has 0 aliphatic carbocycles. The predicted molar refractivity (Wildman–Crippen MR) is 125 cm³/mol. The molecule has 0 radical (unpaired) electrons. The molecule has 1 amide bonds. The van der Waals surface area contributed by atoms with Gasteiger partial charge < -0.3 is 14.8 Å². The van der Waals surface area contributed by atoms with Crippen LogP contribution >= 0.6 is 11.3 Å². The first-order chi connectivity index (χ1) is 15.6. The van der Waals surface area contributed by atoms with Gasteiger partial charge in [0.2, 0.25) is 10.0 Å². The van der Waals surface area contributed by atoms with Gasteiger partial charge in [0, 0.05) is 18.7 Å². The maximum absolute atomic E-state index is 12.9. The van der Waals surface area contributed by atoms with Crippen LogP contribution in [0.25, 0.3) is 0 Å². The highest BCUT2D eigenvalue weighted by molar-refractivity contribution is 7.89. The van der Waals surface area contributed by atoms with E-state index < -0.39 is 27.9 Å². The lowest BCUT2D eigenvalue weighted by atomic mass is 10.1. The summed E-state index contributed by atoms with van der Waals surface area (Å²) in [5.41, 5.74) is 0.584. The van der Waals surface area contributed by atoms with Crippen molar-refractivity contribution >= 4 is 44.2 Å². The lowest BCUT2D eigenvalue weighted by Crippen LogP contribution is -2.32. The Kier molecular flexibility index (Phi) is 9.15. The van der Waals surface area contributed by atoms with E-state index in [4.69, 9.17) is 9.47 Å². The molecule has 2 aromatic rings. The molecule has 1 aromatic heterocycles. The van der Waals surface area contributed by atoms with Gasteiger partial charge in [0.1, 0.15) is 9.88 Å². The highest BCUT2D eigenvalue weighted by atomic mass is 32.2. The number of ether oxygens (including phenoxy) is 2. The van der Waals surface area contributed by atoms with Gasteiger partial charge in [-0.05, 0) is 49.6 Å². The van der Waals surface area contributed by atoms with Crippen molar-refractivity contribution in [1.29, 1.82) is 0 Å². The molecule has 11 heteroatoms. The second kappa shape index (κ2) is 11.4.